The molecule has 88 valence electrons. The zero-order valence-electron chi connectivity index (χ0n) is 8.95. The van der Waals surface area contributed by atoms with Crippen LogP contribution in [0.25, 0.3) is 0 Å². The maximum Gasteiger partial charge on any atom is 0.260 e. The van der Waals surface area contributed by atoms with Crippen molar-refractivity contribution >= 4 is 11.8 Å². The number of hydroxylamine groups is 1. The molecule has 0 rings (SSSR count). The zero-order valence-corrected chi connectivity index (χ0v) is 8.95. The van der Waals surface area contributed by atoms with E-state index < -0.39 is 17.9 Å². The molecule has 5 N–H and O–H groups in total. The molecule has 0 aromatic heterocycles. The third-order valence-electron chi connectivity index (χ3n) is 2.00. The second kappa shape index (κ2) is 8.19. The Morgan fingerprint density at radius 2 is 2.07 bits per heavy atom. The van der Waals surface area contributed by atoms with E-state index >= 15 is 0 Å². The minimum Gasteiger partial charge on any atom is -0.370 e. The lowest BCUT2D eigenvalue weighted by molar-refractivity contribution is -0.133. The number of primary amides is 1. The largest absolute Gasteiger partial charge is 0.370 e. The van der Waals surface area contributed by atoms with Gasteiger partial charge in [-0.1, -0.05) is 19.8 Å². The number of carbonyl (C=O) groups excluding carboxylic acids is 2. The molecule has 0 aromatic rings. The second-order valence-corrected chi connectivity index (χ2v) is 3.36. The highest BCUT2D eigenvalue weighted by atomic mass is 16.5. The molecule has 0 spiro atoms. The van der Waals surface area contributed by atoms with E-state index in [9.17, 15) is 9.59 Å². The Bertz CT molecular complexity index is 209. The van der Waals surface area contributed by atoms with Gasteiger partial charge in [-0.3, -0.25) is 14.8 Å². The first-order valence-electron chi connectivity index (χ1n) is 5.07. The molecule has 0 aliphatic rings. The van der Waals surface area contributed by atoms with Crippen LogP contribution in [0, 0.1) is 0 Å². The predicted molar refractivity (Wildman–Crippen MR) is 55.1 cm³/mol. The van der Waals surface area contributed by atoms with Gasteiger partial charge in [0.15, 0.2) is 0 Å². The summed E-state index contributed by atoms with van der Waals surface area (Å²) < 4.78 is 0. The van der Waals surface area contributed by atoms with Crippen LogP contribution in [0.3, 0.4) is 0 Å². The summed E-state index contributed by atoms with van der Waals surface area (Å²) in [5.74, 6) is -1.21. The minimum absolute atomic E-state index is 0.113. The van der Waals surface area contributed by atoms with Crippen molar-refractivity contribution in [3.8, 4) is 0 Å². The Kier molecular flexibility index (Phi) is 7.57. The van der Waals surface area contributed by atoms with Gasteiger partial charge < -0.3 is 11.1 Å². The molecule has 15 heavy (non-hydrogen) atoms. The summed E-state index contributed by atoms with van der Waals surface area (Å²) in [6.07, 6.45) is 2.94. The van der Waals surface area contributed by atoms with Gasteiger partial charge in [0.05, 0.1) is 12.5 Å². The maximum absolute atomic E-state index is 11.1. The van der Waals surface area contributed by atoms with Crippen molar-refractivity contribution in [3.05, 3.63) is 0 Å². The summed E-state index contributed by atoms with van der Waals surface area (Å²) in [7, 11) is 0. The van der Waals surface area contributed by atoms with E-state index in [2.05, 4.69) is 12.2 Å². The third-order valence-corrected chi connectivity index (χ3v) is 2.00. The summed E-state index contributed by atoms with van der Waals surface area (Å²) in [5, 5.41) is 11.3. The van der Waals surface area contributed by atoms with Crippen LogP contribution in [0.5, 0.6) is 0 Å². The van der Waals surface area contributed by atoms with Gasteiger partial charge in [-0.25, -0.2) is 5.48 Å². The van der Waals surface area contributed by atoms with Crippen molar-refractivity contribution in [2.45, 2.75) is 38.6 Å². The van der Waals surface area contributed by atoms with Crippen LogP contribution in [0.4, 0.5) is 0 Å². The molecule has 0 fully saturated rings. The number of unbranched alkanes of at least 4 members (excludes halogenated alkanes) is 2. The van der Waals surface area contributed by atoms with E-state index in [-0.39, 0.29) is 6.42 Å². The van der Waals surface area contributed by atoms with E-state index in [1.807, 2.05) is 0 Å². The van der Waals surface area contributed by atoms with Gasteiger partial charge in [0.2, 0.25) is 5.91 Å². The second-order valence-electron chi connectivity index (χ2n) is 3.36. The van der Waals surface area contributed by atoms with Gasteiger partial charge in [-0.2, -0.15) is 0 Å². The summed E-state index contributed by atoms with van der Waals surface area (Å²) in [5.41, 5.74) is 6.48. The fourth-order valence-electron chi connectivity index (χ4n) is 1.19. The summed E-state index contributed by atoms with van der Waals surface area (Å²) >= 11 is 0. The van der Waals surface area contributed by atoms with Crippen LogP contribution in [0.15, 0.2) is 0 Å². The van der Waals surface area contributed by atoms with Crippen molar-refractivity contribution in [3.63, 3.8) is 0 Å². The van der Waals surface area contributed by atoms with Crippen LogP contribution >= 0.6 is 0 Å². The number of nitrogens with two attached hydrogens (primary N) is 1. The Labute approximate surface area is 89.2 Å². The lowest BCUT2D eigenvalue weighted by atomic mass is 10.1. The molecule has 0 saturated carbocycles. The Balaban J connectivity index is 3.90. The van der Waals surface area contributed by atoms with E-state index in [1.165, 1.54) is 5.48 Å². The Hall–Kier alpha value is -1.14. The normalized spacial score (nSPS) is 12.1. The molecule has 6 heteroatoms. The molecule has 2 amide bonds. The van der Waals surface area contributed by atoms with E-state index in [0.717, 1.165) is 19.3 Å². The van der Waals surface area contributed by atoms with Gasteiger partial charge in [0.1, 0.15) is 0 Å². The van der Waals surface area contributed by atoms with Crippen molar-refractivity contribution in [2.75, 3.05) is 6.54 Å². The molecule has 0 aromatic carbocycles. The van der Waals surface area contributed by atoms with Crippen LogP contribution < -0.4 is 16.5 Å². The van der Waals surface area contributed by atoms with Crippen LogP contribution in [0.2, 0.25) is 0 Å². The summed E-state index contributed by atoms with van der Waals surface area (Å²) in [6, 6.07) is -0.746. The molecule has 0 heterocycles. The quantitative estimate of drug-likeness (QED) is 0.250. The molecular weight excluding hydrogens is 198 g/mol. The molecule has 1 atom stereocenters. The average Bonchev–Trinajstić information content (AvgIpc) is 2.21. The first-order chi connectivity index (χ1) is 7.11. The standard InChI is InChI=1S/C9H19N3O3/c1-2-3-4-5-11-7(6-8(10)13)9(14)12-15/h7,11,15H,2-6H2,1H3,(H2,10,13)(H,12,14)/t7-/m0/s1. The van der Waals surface area contributed by atoms with Gasteiger partial charge in [0, 0.05) is 0 Å². The maximum atomic E-state index is 11.1. The van der Waals surface area contributed by atoms with Gasteiger partial charge in [-0.15, -0.1) is 0 Å². The number of rotatable bonds is 8. The van der Waals surface area contributed by atoms with Crippen molar-refractivity contribution in [2.24, 2.45) is 5.73 Å². The van der Waals surface area contributed by atoms with Crippen LogP contribution in [0.1, 0.15) is 32.6 Å². The minimum atomic E-state index is -0.746. The zero-order chi connectivity index (χ0) is 11.7. The number of amides is 2. The van der Waals surface area contributed by atoms with Gasteiger partial charge in [-0.05, 0) is 13.0 Å². The fraction of sp³-hybridized carbons (Fsp3) is 0.778. The van der Waals surface area contributed by atoms with E-state index in [0.29, 0.717) is 6.54 Å². The van der Waals surface area contributed by atoms with Crippen LogP contribution in [-0.2, 0) is 9.59 Å². The molecule has 0 aliphatic carbocycles. The molecule has 0 unspecified atom stereocenters. The monoisotopic (exact) mass is 217 g/mol. The number of hydrogen-bond acceptors (Lipinski definition) is 4. The van der Waals surface area contributed by atoms with Gasteiger partial charge >= 0.3 is 0 Å². The van der Waals surface area contributed by atoms with Crippen molar-refractivity contribution in [1.29, 1.82) is 0 Å². The molecule has 0 aliphatic heterocycles. The highest BCUT2D eigenvalue weighted by Gasteiger charge is 2.19. The molecule has 6 nitrogen and oxygen atoms in total. The SMILES string of the molecule is CCCCCN[C@@H](CC(N)=O)C(=O)NO. The Morgan fingerprint density at radius 1 is 1.40 bits per heavy atom. The fourth-order valence-corrected chi connectivity index (χ4v) is 1.19. The molecule has 0 bridgehead atoms. The van der Waals surface area contributed by atoms with E-state index in [4.69, 9.17) is 10.9 Å². The highest BCUT2D eigenvalue weighted by molar-refractivity contribution is 5.86. The lowest BCUT2D eigenvalue weighted by Gasteiger charge is -2.14. The smallest absolute Gasteiger partial charge is 0.260 e. The van der Waals surface area contributed by atoms with Crippen molar-refractivity contribution < 1.29 is 14.8 Å². The lowest BCUT2D eigenvalue weighted by Crippen LogP contribution is -2.45. The van der Waals surface area contributed by atoms with Crippen molar-refractivity contribution in [1.82, 2.24) is 10.8 Å². The van der Waals surface area contributed by atoms with E-state index in [1.54, 1.807) is 0 Å². The molecule has 0 saturated heterocycles. The molecule has 0 radical (unpaired) electrons. The molecular formula is C9H19N3O3. The Morgan fingerprint density at radius 3 is 2.53 bits per heavy atom. The number of nitrogens with one attached hydrogen (secondary N) is 2. The third kappa shape index (κ3) is 6.87. The number of carbonyl (C=O) groups is 2. The predicted octanol–water partition coefficient (Wildman–Crippen LogP) is -0.484. The first-order valence-corrected chi connectivity index (χ1v) is 5.07. The highest BCUT2D eigenvalue weighted by Crippen LogP contribution is 1.95. The summed E-state index contributed by atoms with van der Waals surface area (Å²) in [6.45, 7) is 2.69. The first kappa shape index (κ1) is 13.9. The van der Waals surface area contributed by atoms with Crippen LogP contribution in [-0.4, -0.2) is 29.6 Å². The summed E-state index contributed by atoms with van der Waals surface area (Å²) in [4.78, 5) is 21.7. The average molecular weight is 217 g/mol. The van der Waals surface area contributed by atoms with Gasteiger partial charge in [0.25, 0.3) is 5.91 Å². The topological polar surface area (TPSA) is 104 Å². The number of hydrogen-bond donors (Lipinski definition) is 4.